The van der Waals surface area contributed by atoms with Gasteiger partial charge >= 0.3 is 5.97 Å². The van der Waals surface area contributed by atoms with Crippen molar-refractivity contribution in [2.45, 2.75) is 0 Å². The second-order valence-electron chi connectivity index (χ2n) is 2.31. The van der Waals surface area contributed by atoms with Crippen molar-refractivity contribution < 1.29 is 14.6 Å². The Balaban J connectivity index is 3.31. The van der Waals surface area contributed by atoms with Gasteiger partial charge in [-0.05, 0) is 0 Å². The molecule has 1 rings (SSSR count). The van der Waals surface area contributed by atoms with E-state index < -0.39 is 17.3 Å². The monoisotopic (exact) mass is 184 g/mol. The van der Waals surface area contributed by atoms with Gasteiger partial charge in [0.1, 0.15) is 11.3 Å². The van der Waals surface area contributed by atoms with Gasteiger partial charge in [-0.15, -0.1) is 0 Å². The Morgan fingerprint density at radius 1 is 1.69 bits per heavy atom. The number of nitrogens with zero attached hydrogens (tertiary/aromatic N) is 1. The van der Waals surface area contributed by atoms with E-state index in [1.807, 2.05) is 0 Å². The quantitative estimate of drug-likeness (QED) is 0.433. The van der Waals surface area contributed by atoms with Crippen molar-refractivity contribution in [3.05, 3.63) is 28.2 Å². The molecule has 0 aliphatic heterocycles. The van der Waals surface area contributed by atoms with Crippen LogP contribution in [0.4, 0.5) is 0 Å². The molecule has 0 amide bonds. The molecule has 0 spiro atoms. The van der Waals surface area contributed by atoms with Crippen LogP contribution in [0.3, 0.4) is 0 Å². The second-order valence-corrected chi connectivity index (χ2v) is 2.31. The third-order valence-corrected chi connectivity index (χ3v) is 1.46. The molecule has 1 heterocycles. The number of nitrogen functional groups attached to an aromatic ring is 1. The third-order valence-electron chi connectivity index (χ3n) is 1.46. The molecule has 6 heteroatoms. The topological polar surface area (TPSA) is 94.5 Å². The zero-order valence-corrected chi connectivity index (χ0v) is 6.85. The Morgan fingerprint density at radius 2 is 2.31 bits per heavy atom. The standard InChI is InChI=1S/C7H8N2O4/c1-13-7(12)4-3-9(8)6(11)2-5(4)10/h2-3,10H,8H2,1H3. The van der Waals surface area contributed by atoms with Crippen LogP contribution >= 0.6 is 0 Å². The lowest BCUT2D eigenvalue weighted by atomic mass is 10.2. The SMILES string of the molecule is COC(=O)c1cn(N)c(=O)cc1O. The first-order valence-corrected chi connectivity index (χ1v) is 3.35. The van der Waals surface area contributed by atoms with Gasteiger partial charge in [-0.2, -0.15) is 0 Å². The van der Waals surface area contributed by atoms with Gasteiger partial charge in [-0.25, -0.2) is 9.47 Å². The fraction of sp³-hybridized carbons (Fsp3) is 0.143. The molecular weight excluding hydrogens is 176 g/mol. The Hall–Kier alpha value is -1.98. The maximum Gasteiger partial charge on any atom is 0.343 e. The maximum atomic E-state index is 10.9. The summed E-state index contributed by atoms with van der Waals surface area (Å²) in [6.45, 7) is 0. The molecule has 6 nitrogen and oxygen atoms in total. The summed E-state index contributed by atoms with van der Waals surface area (Å²) in [7, 11) is 1.16. The van der Waals surface area contributed by atoms with E-state index in [0.717, 1.165) is 19.4 Å². The van der Waals surface area contributed by atoms with Crippen LogP contribution in [0.15, 0.2) is 17.1 Å². The molecule has 0 aromatic carbocycles. The summed E-state index contributed by atoms with van der Waals surface area (Å²) in [6, 6.07) is 0.840. The highest BCUT2D eigenvalue weighted by molar-refractivity contribution is 5.91. The molecule has 1 aromatic heterocycles. The molecule has 0 aliphatic carbocycles. The molecular formula is C7H8N2O4. The van der Waals surface area contributed by atoms with E-state index >= 15 is 0 Å². The fourth-order valence-electron chi connectivity index (χ4n) is 0.805. The average molecular weight is 184 g/mol. The Labute approximate surface area is 73.1 Å². The van der Waals surface area contributed by atoms with Crippen molar-refractivity contribution in [3.8, 4) is 5.75 Å². The van der Waals surface area contributed by atoms with Gasteiger partial charge < -0.3 is 15.7 Å². The predicted octanol–water partition coefficient (Wildman–Crippen LogP) is -0.946. The molecule has 0 saturated carbocycles. The van der Waals surface area contributed by atoms with Gasteiger partial charge in [0.15, 0.2) is 0 Å². The Bertz CT molecular complexity index is 396. The van der Waals surface area contributed by atoms with Crippen molar-refractivity contribution in [2.75, 3.05) is 13.0 Å². The largest absolute Gasteiger partial charge is 0.507 e. The number of methoxy groups -OCH3 is 1. The van der Waals surface area contributed by atoms with E-state index in [9.17, 15) is 9.59 Å². The number of esters is 1. The lowest BCUT2D eigenvalue weighted by Gasteiger charge is -2.03. The molecule has 0 saturated heterocycles. The van der Waals surface area contributed by atoms with Crippen LogP contribution in [0, 0.1) is 0 Å². The normalized spacial score (nSPS) is 9.62. The van der Waals surface area contributed by atoms with Crippen LogP contribution in [0.5, 0.6) is 5.75 Å². The molecule has 3 N–H and O–H groups in total. The molecule has 0 radical (unpaired) electrons. The number of hydrogen-bond acceptors (Lipinski definition) is 5. The number of aromatic nitrogens is 1. The summed E-state index contributed by atoms with van der Waals surface area (Å²) in [5.41, 5.74) is -0.755. The first-order valence-electron chi connectivity index (χ1n) is 3.35. The van der Waals surface area contributed by atoms with E-state index in [1.54, 1.807) is 0 Å². The van der Waals surface area contributed by atoms with E-state index in [-0.39, 0.29) is 5.56 Å². The zero-order valence-electron chi connectivity index (χ0n) is 6.85. The van der Waals surface area contributed by atoms with E-state index in [0.29, 0.717) is 4.68 Å². The van der Waals surface area contributed by atoms with Crippen LogP contribution in [-0.4, -0.2) is 22.9 Å². The van der Waals surface area contributed by atoms with E-state index in [1.165, 1.54) is 0 Å². The second kappa shape index (κ2) is 3.18. The Kier molecular flexibility index (Phi) is 2.23. The van der Waals surface area contributed by atoms with Gasteiger partial charge in [0.25, 0.3) is 5.56 Å². The van der Waals surface area contributed by atoms with Crippen molar-refractivity contribution in [1.82, 2.24) is 4.68 Å². The minimum absolute atomic E-state index is 0.149. The lowest BCUT2D eigenvalue weighted by Crippen LogP contribution is -2.27. The highest BCUT2D eigenvalue weighted by Crippen LogP contribution is 2.13. The number of hydrogen-bond donors (Lipinski definition) is 2. The molecule has 0 fully saturated rings. The third kappa shape index (κ3) is 1.61. The summed E-state index contributed by atoms with van der Waals surface area (Å²) < 4.78 is 5.03. The van der Waals surface area contributed by atoms with Crippen molar-refractivity contribution in [1.29, 1.82) is 0 Å². The minimum atomic E-state index is -0.753. The first kappa shape index (κ1) is 9.11. The van der Waals surface area contributed by atoms with Crippen LogP contribution in [0.25, 0.3) is 0 Å². The number of pyridine rings is 1. The smallest absolute Gasteiger partial charge is 0.343 e. The maximum absolute atomic E-state index is 10.9. The highest BCUT2D eigenvalue weighted by atomic mass is 16.5. The fourth-order valence-corrected chi connectivity index (χ4v) is 0.805. The number of carbonyl (C=O) groups is 1. The van der Waals surface area contributed by atoms with Crippen LogP contribution < -0.4 is 11.4 Å². The van der Waals surface area contributed by atoms with Crippen LogP contribution in [0.1, 0.15) is 10.4 Å². The number of rotatable bonds is 1. The molecule has 0 bridgehead atoms. The molecule has 0 atom stereocenters. The minimum Gasteiger partial charge on any atom is -0.507 e. The Morgan fingerprint density at radius 3 is 2.85 bits per heavy atom. The highest BCUT2D eigenvalue weighted by Gasteiger charge is 2.12. The number of carbonyl (C=O) groups excluding carboxylic acids is 1. The molecule has 13 heavy (non-hydrogen) atoms. The molecule has 70 valence electrons. The van der Waals surface area contributed by atoms with Crippen LogP contribution in [0.2, 0.25) is 0 Å². The molecule has 1 aromatic rings. The summed E-state index contributed by atoms with van der Waals surface area (Å²) >= 11 is 0. The van der Waals surface area contributed by atoms with Gasteiger partial charge in [0, 0.05) is 12.3 Å². The van der Waals surface area contributed by atoms with Crippen LogP contribution in [-0.2, 0) is 4.74 Å². The van der Waals surface area contributed by atoms with E-state index in [2.05, 4.69) is 4.74 Å². The van der Waals surface area contributed by atoms with Crippen molar-refractivity contribution >= 4 is 5.97 Å². The number of nitrogens with two attached hydrogens (primary N) is 1. The zero-order chi connectivity index (χ0) is 10.0. The summed E-state index contributed by atoms with van der Waals surface area (Å²) in [5.74, 6) is 3.97. The molecule has 0 aliphatic rings. The summed E-state index contributed by atoms with van der Waals surface area (Å²) in [6.07, 6.45) is 1.00. The van der Waals surface area contributed by atoms with Crippen molar-refractivity contribution in [2.24, 2.45) is 0 Å². The molecule has 0 unspecified atom stereocenters. The van der Waals surface area contributed by atoms with Gasteiger partial charge in [0.2, 0.25) is 0 Å². The average Bonchev–Trinajstić information content (AvgIpc) is 2.10. The summed E-state index contributed by atoms with van der Waals surface area (Å²) in [4.78, 5) is 21.8. The van der Waals surface area contributed by atoms with E-state index in [4.69, 9.17) is 10.9 Å². The first-order chi connectivity index (χ1) is 6.06. The summed E-state index contributed by atoms with van der Waals surface area (Å²) in [5, 5.41) is 9.15. The van der Waals surface area contributed by atoms with Gasteiger partial charge in [-0.1, -0.05) is 0 Å². The van der Waals surface area contributed by atoms with Crippen molar-refractivity contribution in [3.63, 3.8) is 0 Å². The number of aromatic hydroxyl groups is 1. The predicted molar refractivity (Wildman–Crippen MR) is 43.9 cm³/mol. The number of ether oxygens (including phenoxy) is 1. The lowest BCUT2D eigenvalue weighted by molar-refractivity contribution is 0.0596. The van der Waals surface area contributed by atoms with Gasteiger partial charge in [0.05, 0.1) is 7.11 Å². The van der Waals surface area contributed by atoms with Gasteiger partial charge in [-0.3, -0.25) is 4.79 Å².